The van der Waals surface area contributed by atoms with Crippen LogP contribution >= 0.6 is 0 Å². The van der Waals surface area contributed by atoms with E-state index < -0.39 is 12.1 Å². The fourth-order valence-corrected chi connectivity index (χ4v) is 1.41. The van der Waals surface area contributed by atoms with Gasteiger partial charge < -0.3 is 14.6 Å². The molecule has 76 valence electrons. The summed E-state index contributed by atoms with van der Waals surface area (Å²) < 4.78 is 10.6. The van der Waals surface area contributed by atoms with Gasteiger partial charge in [0, 0.05) is 0 Å². The van der Waals surface area contributed by atoms with Crippen molar-refractivity contribution in [1.82, 2.24) is 0 Å². The monoisotopic (exact) mass is 188 g/mol. The van der Waals surface area contributed by atoms with Crippen LogP contribution in [0.4, 0.5) is 0 Å². The number of rotatable bonds is 3. The minimum absolute atomic E-state index is 0.0654. The summed E-state index contributed by atoms with van der Waals surface area (Å²) in [5, 5.41) is 8.64. The molecule has 0 aromatic heterocycles. The first kappa shape index (κ1) is 10.5. The molecule has 1 saturated heterocycles. The summed E-state index contributed by atoms with van der Waals surface area (Å²) in [6, 6.07) is 0. The lowest BCUT2D eigenvalue weighted by atomic mass is 10.1. The Bertz CT molecular complexity index is 170. The van der Waals surface area contributed by atoms with E-state index in [0.717, 1.165) is 6.42 Å². The highest BCUT2D eigenvalue weighted by Crippen LogP contribution is 2.17. The van der Waals surface area contributed by atoms with Crippen LogP contribution in [0.2, 0.25) is 0 Å². The first-order valence-corrected chi connectivity index (χ1v) is 4.59. The maximum absolute atomic E-state index is 10.5. The molecule has 0 saturated carbocycles. The van der Waals surface area contributed by atoms with Crippen molar-refractivity contribution < 1.29 is 19.4 Å². The molecule has 0 aliphatic carbocycles. The molecule has 1 heterocycles. The summed E-state index contributed by atoms with van der Waals surface area (Å²) in [5.41, 5.74) is 0. The van der Waals surface area contributed by atoms with Gasteiger partial charge in [0.2, 0.25) is 0 Å². The average molecular weight is 188 g/mol. The lowest BCUT2D eigenvalue weighted by molar-refractivity contribution is -0.162. The van der Waals surface area contributed by atoms with Crippen molar-refractivity contribution in [2.24, 2.45) is 0 Å². The van der Waals surface area contributed by atoms with Crippen molar-refractivity contribution in [2.45, 2.75) is 45.0 Å². The second-order valence-corrected chi connectivity index (χ2v) is 3.54. The zero-order valence-electron chi connectivity index (χ0n) is 8.03. The molecule has 4 heteroatoms. The van der Waals surface area contributed by atoms with Crippen molar-refractivity contribution in [3.05, 3.63) is 0 Å². The van der Waals surface area contributed by atoms with Gasteiger partial charge in [-0.25, -0.2) is 4.79 Å². The Morgan fingerprint density at radius 1 is 1.54 bits per heavy atom. The summed E-state index contributed by atoms with van der Waals surface area (Å²) in [5.74, 6) is -0.872. The summed E-state index contributed by atoms with van der Waals surface area (Å²) in [4.78, 5) is 10.5. The molecule has 1 aliphatic heterocycles. The molecule has 4 nitrogen and oxygen atoms in total. The molecule has 0 bridgehead atoms. The quantitative estimate of drug-likeness (QED) is 0.719. The highest BCUT2D eigenvalue weighted by molar-refractivity contribution is 5.72. The summed E-state index contributed by atoms with van der Waals surface area (Å²) in [7, 11) is 0. The molecule has 0 radical (unpaired) electrons. The predicted octanol–water partition coefficient (Wildman–Crippen LogP) is 1.04. The molecular formula is C9H16O4. The standard InChI is InChI=1S/C9H16O4/c1-6(2)13-7-3-4-8(9(10)11)12-5-7/h6-8H,3-5H2,1-2H3,(H,10,11). The Morgan fingerprint density at radius 3 is 2.62 bits per heavy atom. The van der Waals surface area contributed by atoms with Gasteiger partial charge in [-0.2, -0.15) is 0 Å². The first-order valence-electron chi connectivity index (χ1n) is 4.59. The molecule has 2 atom stereocenters. The number of hydrogen-bond acceptors (Lipinski definition) is 3. The van der Waals surface area contributed by atoms with E-state index in [4.69, 9.17) is 14.6 Å². The number of carbonyl (C=O) groups is 1. The highest BCUT2D eigenvalue weighted by atomic mass is 16.6. The molecule has 1 rings (SSSR count). The van der Waals surface area contributed by atoms with Gasteiger partial charge in [0.05, 0.1) is 18.8 Å². The fraction of sp³-hybridized carbons (Fsp3) is 0.889. The lowest BCUT2D eigenvalue weighted by Crippen LogP contribution is -2.36. The molecule has 1 N–H and O–H groups in total. The average Bonchev–Trinajstić information content (AvgIpc) is 2.04. The maximum Gasteiger partial charge on any atom is 0.332 e. The Balaban J connectivity index is 2.26. The van der Waals surface area contributed by atoms with E-state index >= 15 is 0 Å². The summed E-state index contributed by atoms with van der Waals surface area (Å²) in [6.45, 7) is 4.32. The predicted molar refractivity (Wildman–Crippen MR) is 46.6 cm³/mol. The van der Waals surface area contributed by atoms with Gasteiger partial charge in [-0.1, -0.05) is 0 Å². The minimum Gasteiger partial charge on any atom is -0.479 e. The normalized spacial score (nSPS) is 29.2. The fourth-order valence-electron chi connectivity index (χ4n) is 1.41. The largest absolute Gasteiger partial charge is 0.479 e. The lowest BCUT2D eigenvalue weighted by Gasteiger charge is -2.27. The third-order valence-corrected chi connectivity index (χ3v) is 1.97. The van der Waals surface area contributed by atoms with Crippen LogP contribution in [-0.2, 0) is 14.3 Å². The molecule has 0 aromatic carbocycles. The van der Waals surface area contributed by atoms with E-state index in [9.17, 15) is 4.79 Å². The SMILES string of the molecule is CC(C)OC1CCC(C(=O)O)OC1. The zero-order valence-corrected chi connectivity index (χ0v) is 8.03. The second kappa shape index (κ2) is 4.58. The van der Waals surface area contributed by atoms with E-state index in [1.807, 2.05) is 13.8 Å². The van der Waals surface area contributed by atoms with Crippen molar-refractivity contribution in [1.29, 1.82) is 0 Å². The molecule has 0 spiro atoms. The molecule has 2 unspecified atom stereocenters. The molecule has 13 heavy (non-hydrogen) atoms. The van der Waals surface area contributed by atoms with Gasteiger partial charge in [-0.15, -0.1) is 0 Å². The summed E-state index contributed by atoms with van der Waals surface area (Å²) >= 11 is 0. The number of carboxylic acid groups (broad SMARTS) is 1. The van der Waals surface area contributed by atoms with Gasteiger partial charge in [0.15, 0.2) is 6.10 Å². The maximum atomic E-state index is 10.5. The Morgan fingerprint density at radius 2 is 2.23 bits per heavy atom. The number of hydrogen-bond donors (Lipinski definition) is 1. The van der Waals surface area contributed by atoms with Crippen molar-refractivity contribution in [3.8, 4) is 0 Å². The number of ether oxygens (including phenoxy) is 2. The third kappa shape index (κ3) is 3.32. The molecular weight excluding hydrogens is 172 g/mol. The van der Waals surface area contributed by atoms with Crippen LogP contribution in [0.15, 0.2) is 0 Å². The summed E-state index contributed by atoms with van der Waals surface area (Å²) in [6.07, 6.45) is 0.930. The van der Waals surface area contributed by atoms with Gasteiger partial charge in [0.25, 0.3) is 0 Å². The Hall–Kier alpha value is -0.610. The second-order valence-electron chi connectivity index (χ2n) is 3.54. The Labute approximate surface area is 77.8 Å². The van der Waals surface area contributed by atoms with E-state index in [2.05, 4.69) is 0 Å². The van der Waals surface area contributed by atoms with Crippen LogP contribution in [0, 0.1) is 0 Å². The number of carboxylic acids is 1. The van der Waals surface area contributed by atoms with E-state index in [1.165, 1.54) is 0 Å². The number of aliphatic carboxylic acids is 1. The smallest absolute Gasteiger partial charge is 0.332 e. The van der Waals surface area contributed by atoms with Gasteiger partial charge in [-0.05, 0) is 26.7 Å². The van der Waals surface area contributed by atoms with Crippen LogP contribution in [0.25, 0.3) is 0 Å². The molecule has 0 amide bonds. The highest BCUT2D eigenvalue weighted by Gasteiger charge is 2.27. The van der Waals surface area contributed by atoms with Crippen LogP contribution in [0.1, 0.15) is 26.7 Å². The minimum atomic E-state index is -0.872. The molecule has 1 fully saturated rings. The zero-order chi connectivity index (χ0) is 9.84. The van der Waals surface area contributed by atoms with E-state index in [1.54, 1.807) is 0 Å². The van der Waals surface area contributed by atoms with Crippen LogP contribution < -0.4 is 0 Å². The van der Waals surface area contributed by atoms with Crippen molar-refractivity contribution in [3.63, 3.8) is 0 Å². The van der Waals surface area contributed by atoms with Crippen molar-refractivity contribution in [2.75, 3.05) is 6.61 Å². The Kier molecular flexibility index (Phi) is 3.69. The van der Waals surface area contributed by atoms with Crippen LogP contribution in [0.5, 0.6) is 0 Å². The van der Waals surface area contributed by atoms with Crippen molar-refractivity contribution >= 4 is 5.97 Å². The third-order valence-electron chi connectivity index (χ3n) is 1.97. The van der Waals surface area contributed by atoms with Gasteiger partial charge in [0.1, 0.15) is 0 Å². The van der Waals surface area contributed by atoms with Crippen LogP contribution in [-0.4, -0.2) is 36.0 Å². The van der Waals surface area contributed by atoms with Gasteiger partial charge >= 0.3 is 5.97 Å². The first-order chi connectivity index (χ1) is 6.09. The van der Waals surface area contributed by atoms with E-state index in [-0.39, 0.29) is 12.2 Å². The topological polar surface area (TPSA) is 55.8 Å². The molecule has 0 aromatic rings. The van der Waals surface area contributed by atoms with Gasteiger partial charge in [-0.3, -0.25) is 0 Å². The van der Waals surface area contributed by atoms with Crippen LogP contribution in [0.3, 0.4) is 0 Å². The molecule has 1 aliphatic rings. The van der Waals surface area contributed by atoms with E-state index in [0.29, 0.717) is 13.0 Å².